The summed E-state index contributed by atoms with van der Waals surface area (Å²) >= 11 is 0. The number of aromatic nitrogens is 2. The van der Waals surface area contributed by atoms with Crippen molar-refractivity contribution in [3.63, 3.8) is 0 Å². The lowest BCUT2D eigenvalue weighted by molar-refractivity contribution is 0.224. The molecule has 4 nitrogen and oxygen atoms in total. The number of rotatable bonds is 10. The third kappa shape index (κ3) is 5.52. The smallest absolute Gasteiger partial charge is 0.221 e. The molecule has 1 aromatic rings. The van der Waals surface area contributed by atoms with Gasteiger partial charge in [0.05, 0.1) is 12.2 Å². The number of anilines is 1. The SMILES string of the molecule is CCCCC(CC)COc1nc(CCC)nc(NC)c1C. The van der Waals surface area contributed by atoms with Gasteiger partial charge in [0.2, 0.25) is 5.88 Å². The van der Waals surface area contributed by atoms with Gasteiger partial charge < -0.3 is 10.1 Å². The number of nitrogens with zero attached hydrogens (tertiary/aromatic N) is 2. The van der Waals surface area contributed by atoms with Crippen LogP contribution in [0.1, 0.15) is 64.3 Å². The maximum atomic E-state index is 6.03. The zero-order valence-electron chi connectivity index (χ0n) is 14.3. The Hall–Kier alpha value is -1.32. The minimum atomic E-state index is 0.618. The topological polar surface area (TPSA) is 47.0 Å². The van der Waals surface area contributed by atoms with Crippen molar-refractivity contribution in [3.05, 3.63) is 11.4 Å². The van der Waals surface area contributed by atoms with Gasteiger partial charge in [0.15, 0.2) is 0 Å². The molecule has 0 aliphatic heterocycles. The summed E-state index contributed by atoms with van der Waals surface area (Å²) in [5.74, 6) is 3.11. The predicted molar refractivity (Wildman–Crippen MR) is 89.1 cm³/mol. The standard InChI is InChI=1S/C17H31N3O/c1-6-9-11-14(8-3)12-21-17-13(4)16(18-5)19-15(20-17)10-7-2/h14H,6-12H2,1-5H3,(H,18,19,20). The Balaban J connectivity index is 2.78. The molecule has 1 aromatic heterocycles. The van der Waals surface area contributed by atoms with Gasteiger partial charge in [-0.25, -0.2) is 4.98 Å². The zero-order chi connectivity index (χ0) is 15.7. The Morgan fingerprint density at radius 3 is 2.48 bits per heavy atom. The number of ether oxygens (including phenoxy) is 1. The van der Waals surface area contributed by atoms with E-state index >= 15 is 0 Å². The molecule has 4 heteroatoms. The molecule has 0 fully saturated rings. The number of unbranched alkanes of at least 4 members (excludes halogenated alkanes) is 1. The van der Waals surface area contributed by atoms with Crippen molar-refractivity contribution in [3.8, 4) is 5.88 Å². The largest absolute Gasteiger partial charge is 0.477 e. The van der Waals surface area contributed by atoms with Crippen LogP contribution < -0.4 is 10.1 Å². The maximum Gasteiger partial charge on any atom is 0.221 e. The first-order valence-electron chi connectivity index (χ1n) is 8.34. The summed E-state index contributed by atoms with van der Waals surface area (Å²) in [6, 6.07) is 0. The fourth-order valence-electron chi connectivity index (χ4n) is 2.35. The highest BCUT2D eigenvalue weighted by molar-refractivity contribution is 5.48. The molecular formula is C17H31N3O. The average Bonchev–Trinajstić information content (AvgIpc) is 2.50. The van der Waals surface area contributed by atoms with Gasteiger partial charge in [-0.15, -0.1) is 0 Å². The Labute approximate surface area is 129 Å². The second-order valence-electron chi connectivity index (χ2n) is 5.65. The molecule has 0 saturated carbocycles. The van der Waals surface area contributed by atoms with E-state index in [-0.39, 0.29) is 0 Å². The van der Waals surface area contributed by atoms with E-state index in [1.54, 1.807) is 0 Å². The summed E-state index contributed by atoms with van der Waals surface area (Å²) in [5.41, 5.74) is 1.00. The molecule has 0 bridgehead atoms. The molecule has 0 saturated heterocycles. The fourth-order valence-corrected chi connectivity index (χ4v) is 2.35. The zero-order valence-corrected chi connectivity index (χ0v) is 14.3. The predicted octanol–water partition coefficient (Wildman–Crippen LogP) is 4.37. The van der Waals surface area contributed by atoms with Gasteiger partial charge in [0.25, 0.3) is 0 Å². The van der Waals surface area contributed by atoms with Crippen LogP contribution >= 0.6 is 0 Å². The van der Waals surface area contributed by atoms with Crippen LogP contribution in [0.25, 0.3) is 0 Å². The van der Waals surface area contributed by atoms with Crippen LogP contribution in [0, 0.1) is 12.8 Å². The van der Waals surface area contributed by atoms with E-state index in [2.05, 4.69) is 36.1 Å². The second kappa shape index (κ2) is 9.59. The van der Waals surface area contributed by atoms with E-state index in [0.717, 1.165) is 49.0 Å². The normalized spacial score (nSPS) is 12.2. The van der Waals surface area contributed by atoms with E-state index in [1.807, 2.05) is 14.0 Å². The van der Waals surface area contributed by atoms with Gasteiger partial charge >= 0.3 is 0 Å². The summed E-state index contributed by atoms with van der Waals surface area (Å²) in [6.07, 6.45) is 6.84. The van der Waals surface area contributed by atoms with Crippen molar-refractivity contribution in [2.75, 3.05) is 19.0 Å². The first-order chi connectivity index (χ1) is 10.2. The molecule has 21 heavy (non-hydrogen) atoms. The second-order valence-corrected chi connectivity index (χ2v) is 5.65. The van der Waals surface area contributed by atoms with Gasteiger partial charge in [-0.3, -0.25) is 0 Å². The van der Waals surface area contributed by atoms with Crippen LogP contribution in [-0.4, -0.2) is 23.6 Å². The van der Waals surface area contributed by atoms with Crippen molar-refractivity contribution < 1.29 is 4.74 Å². The maximum absolute atomic E-state index is 6.03. The van der Waals surface area contributed by atoms with Crippen molar-refractivity contribution >= 4 is 5.82 Å². The quantitative estimate of drug-likeness (QED) is 0.695. The van der Waals surface area contributed by atoms with Gasteiger partial charge in [-0.1, -0.05) is 40.0 Å². The molecule has 0 amide bonds. The Bertz CT molecular complexity index is 421. The fraction of sp³-hybridized carbons (Fsp3) is 0.765. The van der Waals surface area contributed by atoms with Crippen LogP contribution in [0.15, 0.2) is 0 Å². The monoisotopic (exact) mass is 293 g/mol. The van der Waals surface area contributed by atoms with E-state index in [0.29, 0.717) is 5.92 Å². The van der Waals surface area contributed by atoms with E-state index in [4.69, 9.17) is 4.74 Å². The minimum Gasteiger partial charge on any atom is -0.477 e. The number of hydrogen-bond donors (Lipinski definition) is 1. The van der Waals surface area contributed by atoms with Crippen LogP contribution in [0.5, 0.6) is 5.88 Å². The highest BCUT2D eigenvalue weighted by Gasteiger charge is 2.13. The van der Waals surface area contributed by atoms with Crippen molar-refractivity contribution in [2.45, 2.75) is 66.2 Å². The minimum absolute atomic E-state index is 0.618. The molecule has 0 aromatic carbocycles. The average molecular weight is 293 g/mol. The summed E-state index contributed by atoms with van der Waals surface area (Å²) in [7, 11) is 1.89. The molecule has 1 N–H and O–H groups in total. The molecule has 1 heterocycles. The highest BCUT2D eigenvalue weighted by Crippen LogP contribution is 2.23. The Morgan fingerprint density at radius 2 is 1.90 bits per heavy atom. The van der Waals surface area contributed by atoms with Gasteiger partial charge in [-0.05, 0) is 25.7 Å². The number of nitrogens with one attached hydrogen (secondary N) is 1. The summed E-state index contributed by atoms with van der Waals surface area (Å²) < 4.78 is 6.03. The van der Waals surface area contributed by atoms with Gasteiger partial charge in [0.1, 0.15) is 11.6 Å². The molecule has 0 radical (unpaired) electrons. The molecule has 1 atom stereocenters. The number of aryl methyl sites for hydroxylation is 1. The first-order valence-corrected chi connectivity index (χ1v) is 8.34. The van der Waals surface area contributed by atoms with E-state index in [1.165, 1.54) is 19.3 Å². The molecule has 120 valence electrons. The van der Waals surface area contributed by atoms with Gasteiger partial charge in [-0.2, -0.15) is 4.98 Å². The third-order valence-electron chi connectivity index (χ3n) is 3.86. The third-order valence-corrected chi connectivity index (χ3v) is 3.86. The first kappa shape index (κ1) is 17.7. The molecular weight excluding hydrogens is 262 g/mol. The summed E-state index contributed by atoms with van der Waals surface area (Å²) in [6.45, 7) is 9.38. The van der Waals surface area contributed by atoms with Crippen LogP contribution in [0.4, 0.5) is 5.82 Å². The van der Waals surface area contributed by atoms with Crippen LogP contribution in [-0.2, 0) is 6.42 Å². The van der Waals surface area contributed by atoms with Crippen molar-refractivity contribution in [1.82, 2.24) is 9.97 Å². The molecule has 0 spiro atoms. The van der Waals surface area contributed by atoms with E-state index in [9.17, 15) is 0 Å². The Kier molecular flexibility index (Phi) is 8.09. The van der Waals surface area contributed by atoms with Crippen LogP contribution in [0.2, 0.25) is 0 Å². The van der Waals surface area contributed by atoms with Crippen molar-refractivity contribution in [1.29, 1.82) is 0 Å². The highest BCUT2D eigenvalue weighted by atomic mass is 16.5. The lowest BCUT2D eigenvalue weighted by atomic mass is 10.0. The van der Waals surface area contributed by atoms with Crippen LogP contribution in [0.3, 0.4) is 0 Å². The lowest BCUT2D eigenvalue weighted by Gasteiger charge is -2.17. The molecule has 1 unspecified atom stereocenters. The molecule has 0 aliphatic carbocycles. The van der Waals surface area contributed by atoms with Crippen molar-refractivity contribution in [2.24, 2.45) is 5.92 Å². The molecule has 0 aliphatic rings. The molecule has 1 rings (SSSR count). The van der Waals surface area contributed by atoms with Gasteiger partial charge in [0, 0.05) is 13.5 Å². The number of hydrogen-bond acceptors (Lipinski definition) is 4. The lowest BCUT2D eigenvalue weighted by Crippen LogP contribution is -2.14. The summed E-state index contributed by atoms with van der Waals surface area (Å²) in [5, 5.41) is 3.14. The van der Waals surface area contributed by atoms with E-state index < -0.39 is 0 Å². The summed E-state index contributed by atoms with van der Waals surface area (Å²) in [4.78, 5) is 9.12. The Morgan fingerprint density at radius 1 is 1.14 bits per heavy atom.